The van der Waals surface area contributed by atoms with Crippen LogP contribution in [0.1, 0.15) is 32.7 Å². The molecule has 214 valence electrons. The number of benzene rings is 2. The largest absolute Gasteiger partial charge is 0.497 e. The Morgan fingerprint density at radius 2 is 1.70 bits per heavy atom. The van der Waals surface area contributed by atoms with Gasteiger partial charge < -0.3 is 24.6 Å². The number of piperidine rings is 1. The molecule has 1 fully saturated rings. The number of likely N-dealkylation sites (tertiary alicyclic amines) is 1. The number of ether oxygens (including phenoxy) is 2. The Kier molecular flexibility index (Phi) is 9.84. The van der Waals surface area contributed by atoms with Crippen molar-refractivity contribution in [2.75, 3.05) is 52.3 Å². The van der Waals surface area contributed by atoms with Crippen molar-refractivity contribution in [3.63, 3.8) is 0 Å². The summed E-state index contributed by atoms with van der Waals surface area (Å²) in [5, 5.41) is 8.21. The highest BCUT2D eigenvalue weighted by Gasteiger charge is 2.20. The Morgan fingerprint density at radius 1 is 0.975 bits per heavy atom. The van der Waals surface area contributed by atoms with E-state index in [0.29, 0.717) is 12.1 Å². The van der Waals surface area contributed by atoms with Crippen LogP contribution in [0.3, 0.4) is 0 Å². The number of fused-ring (bicyclic) bond motifs is 1. The Hall–Kier alpha value is -3.40. The minimum Gasteiger partial charge on any atom is -0.497 e. The Bertz CT molecular complexity index is 1380. The highest BCUT2D eigenvalue weighted by Crippen LogP contribution is 2.34. The van der Waals surface area contributed by atoms with Crippen LogP contribution in [0, 0.1) is 0 Å². The molecule has 0 amide bonds. The maximum Gasteiger partial charge on any atom is 0.124 e. The molecule has 1 aliphatic rings. The molecule has 9 nitrogen and oxygen atoms in total. The first kappa shape index (κ1) is 29.6. The van der Waals surface area contributed by atoms with Gasteiger partial charge in [0.1, 0.15) is 11.5 Å². The zero-order chi connectivity index (χ0) is 27.4. The molecular formula is C30H40ClN7O2. The van der Waals surface area contributed by atoms with E-state index in [9.17, 15) is 0 Å². The fourth-order valence-electron chi connectivity index (χ4n) is 5.06. The normalized spacial score (nSPS) is 14.3. The monoisotopic (exact) mass is 565 g/mol. The molecule has 3 heterocycles. The maximum atomic E-state index is 5.56. The molecule has 0 bridgehead atoms. The number of halogens is 1. The van der Waals surface area contributed by atoms with Gasteiger partial charge in [-0.3, -0.25) is 9.67 Å². The third-order valence-electron chi connectivity index (χ3n) is 7.33. The molecule has 2 aromatic heterocycles. The first-order valence-corrected chi connectivity index (χ1v) is 13.7. The van der Waals surface area contributed by atoms with Crippen LogP contribution in [-0.2, 0) is 0 Å². The van der Waals surface area contributed by atoms with E-state index >= 15 is 0 Å². The zero-order valence-electron chi connectivity index (χ0n) is 24.0. The van der Waals surface area contributed by atoms with E-state index in [4.69, 9.17) is 19.4 Å². The van der Waals surface area contributed by atoms with E-state index in [2.05, 4.69) is 64.1 Å². The van der Waals surface area contributed by atoms with Gasteiger partial charge in [0.2, 0.25) is 0 Å². The van der Waals surface area contributed by atoms with Crippen LogP contribution in [0.4, 0.5) is 11.4 Å². The van der Waals surface area contributed by atoms with Crippen LogP contribution in [0.5, 0.6) is 11.5 Å². The SMILES string of the molecule is COc1cc(OC)cc(N(CCNC(C)C)c2ccc3ncc(-c4cnn(C5CCN(C)CC5)c4)nc3c2)c1.Cl. The molecule has 5 rings (SSSR count). The van der Waals surface area contributed by atoms with E-state index in [1.165, 1.54) is 0 Å². The van der Waals surface area contributed by atoms with E-state index in [1.54, 1.807) is 14.2 Å². The summed E-state index contributed by atoms with van der Waals surface area (Å²) < 4.78 is 13.2. The highest BCUT2D eigenvalue weighted by molar-refractivity contribution is 5.85. The summed E-state index contributed by atoms with van der Waals surface area (Å²) in [4.78, 5) is 14.4. The van der Waals surface area contributed by atoms with Crippen molar-refractivity contribution >= 4 is 34.8 Å². The van der Waals surface area contributed by atoms with Gasteiger partial charge in [0.15, 0.2) is 0 Å². The molecule has 0 saturated carbocycles. The Labute approximate surface area is 242 Å². The third kappa shape index (κ3) is 6.83. The summed E-state index contributed by atoms with van der Waals surface area (Å²) in [6.07, 6.45) is 8.09. The van der Waals surface area contributed by atoms with Gasteiger partial charge in [-0.05, 0) is 51.2 Å². The fraction of sp³-hybridized carbons (Fsp3) is 0.433. The fourth-order valence-corrected chi connectivity index (χ4v) is 5.06. The molecule has 0 spiro atoms. The molecule has 2 aromatic carbocycles. The van der Waals surface area contributed by atoms with Crippen molar-refractivity contribution in [2.24, 2.45) is 0 Å². The van der Waals surface area contributed by atoms with E-state index in [1.807, 2.05) is 36.7 Å². The van der Waals surface area contributed by atoms with Gasteiger partial charge in [0.05, 0.1) is 49.4 Å². The van der Waals surface area contributed by atoms with Gasteiger partial charge >= 0.3 is 0 Å². The molecule has 0 aliphatic carbocycles. The van der Waals surface area contributed by atoms with Crippen LogP contribution in [0.25, 0.3) is 22.3 Å². The Morgan fingerprint density at radius 3 is 2.38 bits per heavy atom. The predicted molar refractivity (Wildman–Crippen MR) is 163 cm³/mol. The molecule has 0 atom stereocenters. The van der Waals surface area contributed by atoms with Crippen LogP contribution < -0.4 is 19.7 Å². The Balaban J connectivity index is 0.00000370. The highest BCUT2D eigenvalue weighted by atomic mass is 35.5. The van der Waals surface area contributed by atoms with Crippen molar-refractivity contribution < 1.29 is 9.47 Å². The third-order valence-corrected chi connectivity index (χ3v) is 7.33. The molecule has 0 unspecified atom stereocenters. The number of nitrogens with zero attached hydrogens (tertiary/aromatic N) is 6. The summed E-state index contributed by atoms with van der Waals surface area (Å²) in [6, 6.07) is 13.0. The molecule has 0 radical (unpaired) electrons. The predicted octanol–water partition coefficient (Wildman–Crippen LogP) is 5.34. The number of rotatable bonds is 10. The van der Waals surface area contributed by atoms with Gasteiger partial charge in [-0.25, -0.2) is 4.98 Å². The molecule has 1 aliphatic heterocycles. The summed E-state index contributed by atoms with van der Waals surface area (Å²) in [5.41, 5.74) is 5.53. The first-order valence-electron chi connectivity index (χ1n) is 13.7. The summed E-state index contributed by atoms with van der Waals surface area (Å²) in [5.74, 6) is 1.49. The van der Waals surface area contributed by atoms with E-state index in [-0.39, 0.29) is 12.4 Å². The van der Waals surface area contributed by atoms with Crippen molar-refractivity contribution in [2.45, 2.75) is 38.8 Å². The average molecular weight is 566 g/mol. The minimum atomic E-state index is 0. The van der Waals surface area contributed by atoms with Crippen molar-refractivity contribution in [1.29, 1.82) is 0 Å². The summed E-state index contributed by atoms with van der Waals surface area (Å²) in [6.45, 7) is 8.08. The van der Waals surface area contributed by atoms with Crippen LogP contribution >= 0.6 is 12.4 Å². The van der Waals surface area contributed by atoms with E-state index in [0.717, 1.165) is 84.2 Å². The smallest absolute Gasteiger partial charge is 0.124 e. The summed E-state index contributed by atoms with van der Waals surface area (Å²) in [7, 11) is 5.52. The van der Waals surface area contributed by atoms with Crippen molar-refractivity contribution in [3.05, 3.63) is 55.0 Å². The van der Waals surface area contributed by atoms with Gasteiger partial charge in [-0.15, -0.1) is 12.4 Å². The number of anilines is 2. The number of aromatic nitrogens is 4. The molecule has 40 heavy (non-hydrogen) atoms. The van der Waals surface area contributed by atoms with Crippen LogP contribution in [0.2, 0.25) is 0 Å². The lowest BCUT2D eigenvalue weighted by atomic mass is 10.1. The molecule has 1 saturated heterocycles. The van der Waals surface area contributed by atoms with Gasteiger partial charge in [0.25, 0.3) is 0 Å². The second-order valence-corrected chi connectivity index (χ2v) is 10.5. The van der Waals surface area contributed by atoms with Gasteiger partial charge in [0, 0.05) is 60.5 Å². The number of hydrogen-bond acceptors (Lipinski definition) is 8. The van der Waals surface area contributed by atoms with Gasteiger partial charge in [-0.2, -0.15) is 5.10 Å². The van der Waals surface area contributed by atoms with Crippen molar-refractivity contribution in [3.8, 4) is 22.8 Å². The molecule has 1 N–H and O–H groups in total. The summed E-state index contributed by atoms with van der Waals surface area (Å²) >= 11 is 0. The lowest BCUT2D eigenvalue weighted by Crippen LogP contribution is -2.32. The van der Waals surface area contributed by atoms with Crippen LogP contribution in [0.15, 0.2) is 55.0 Å². The van der Waals surface area contributed by atoms with Crippen LogP contribution in [-0.4, -0.2) is 78.1 Å². The molecule has 10 heteroatoms. The number of hydrogen-bond donors (Lipinski definition) is 1. The maximum absolute atomic E-state index is 5.56. The number of methoxy groups -OCH3 is 2. The quantitative estimate of drug-likeness (QED) is 0.276. The second kappa shape index (κ2) is 13.3. The lowest BCUT2D eigenvalue weighted by Gasteiger charge is -2.28. The average Bonchev–Trinajstić information content (AvgIpc) is 3.45. The first-order chi connectivity index (χ1) is 18.9. The van der Waals surface area contributed by atoms with Gasteiger partial charge in [-0.1, -0.05) is 13.8 Å². The second-order valence-electron chi connectivity index (χ2n) is 10.5. The molecule has 4 aromatic rings. The number of nitrogens with one attached hydrogen (secondary N) is 1. The molecular weight excluding hydrogens is 526 g/mol. The van der Waals surface area contributed by atoms with E-state index < -0.39 is 0 Å². The zero-order valence-corrected chi connectivity index (χ0v) is 24.8. The van der Waals surface area contributed by atoms with Crippen molar-refractivity contribution in [1.82, 2.24) is 30.0 Å². The standard InChI is InChI=1S/C30H39N7O2.ClH/c1-21(2)31-10-13-36(25-14-26(38-4)17-27(15-25)39-5)24-6-7-28-29(16-24)34-30(19-32-28)22-18-33-37(20-22)23-8-11-35(3)12-9-23;/h6-7,14-21,23,31H,8-13H2,1-5H3;1H. The minimum absolute atomic E-state index is 0. The lowest BCUT2D eigenvalue weighted by molar-refractivity contribution is 0.212. The topological polar surface area (TPSA) is 80.6 Å².